The minimum absolute atomic E-state index is 0.248. The maximum atomic E-state index is 12.2. The van der Waals surface area contributed by atoms with Gasteiger partial charge in [0, 0.05) is 0 Å². The Morgan fingerprint density at radius 1 is 1.32 bits per heavy atom. The van der Waals surface area contributed by atoms with Crippen LogP contribution in [0.15, 0.2) is 0 Å². The molecule has 1 fully saturated rings. The van der Waals surface area contributed by atoms with Crippen molar-refractivity contribution in [2.45, 2.75) is 76.3 Å². The molecule has 8 nitrogen and oxygen atoms in total. The van der Waals surface area contributed by atoms with Crippen molar-refractivity contribution in [3.8, 4) is 0 Å². The number of aliphatic hydroxyl groups is 1. The van der Waals surface area contributed by atoms with Crippen LogP contribution >= 0.6 is 8.03 Å². The van der Waals surface area contributed by atoms with Crippen molar-refractivity contribution in [3.63, 3.8) is 0 Å². The van der Waals surface area contributed by atoms with Crippen molar-refractivity contribution < 1.29 is 28.5 Å². The van der Waals surface area contributed by atoms with Crippen LogP contribution in [0.25, 0.3) is 0 Å². The van der Waals surface area contributed by atoms with Gasteiger partial charge in [0.15, 0.2) is 6.10 Å². The van der Waals surface area contributed by atoms with E-state index in [4.69, 9.17) is 15.0 Å². The summed E-state index contributed by atoms with van der Waals surface area (Å²) in [6, 6.07) is -0.485. The van der Waals surface area contributed by atoms with Crippen LogP contribution in [0.4, 0.5) is 0 Å². The van der Waals surface area contributed by atoms with E-state index in [2.05, 4.69) is 5.32 Å². The molecule has 1 aliphatic heterocycles. The molecule has 1 aliphatic rings. The molecule has 0 aromatic heterocycles. The molecule has 0 aromatic rings. The number of nitrogens with one attached hydrogen (secondary N) is 1. The number of aliphatic hydroxyl groups excluding tert-OH is 1. The summed E-state index contributed by atoms with van der Waals surface area (Å²) in [6.07, 6.45) is 3.77. The molecule has 0 amide bonds. The predicted molar refractivity (Wildman–Crippen MR) is 94.4 cm³/mol. The largest absolute Gasteiger partial charge is 0.390 e. The Morgan fingerprint density at radius 2 is 2.08 bits per heavy atom. The molecule has 0 spiro atoms. The first-order valence-electron chi connectivity index (χ1n) is 9.07. The molecule has 25 heavy (non-hydrogen) atoms. The van der Waals surface area contributed by atoms with Crippen LogP contribution in [0.5, 0.6) is 0 Å². The van der Waals surface area contributed by atoms with Gasteiger partial charge in [-0.1, -0.05) is 19.8 Å². The van der Waals surface area contributed by atoms with E-state index in [1.165, 1.54) is 0 Å². The summed E-state index contributed by atoms with van der Waals surface area (Å²) in [5.74, 6) is -2.58. The first-order chi connectivity index (χ1) is 12.0. The Morgan fingerprint density at radius 3 is 2.68 bits per heavy atom. The highest BCUT2D eigenvalue weighted by atomic mass is 31.1. The molecule has 1 heterocycles. The number of esters is 2. The summed E-state index contributed by atoms with van der Waals surface area (Å²) in [5.41, 5.74) is 5.44. The van der Waals surface area contributed by atoms with Crippen LogP contribution in [0.3, 0.4) is 0 Å². The van der Waals surface area contributed by atoms with Gasteiger partial charge in [-0.05, 0) is 51.6 Å². The van der Waals surface area contributed by atoms with Gasteiger partial charge in [-0.25, -0.2) is 9.59 Å². The normalized spacial score (nSPS) is 20.8. The molecule has 3 unspecified atom stereocenters. The highest BCUT2D eigenvalue weighted by Gasteiger charge is 2.31. The number of hydrogen-bond donors (Lipinski definition) is 3. The summed E-state index contributed by atoms with van der Waals surface area (Å²) in [7, 11) is -2.83. The van der Waals surface area contributed by atoms with Crippen molar-refractivity contribution in [3.05, 3.63) is 0 Å². The maximum Gasteiger partial charge on any atom is 0.343 e. The van der Waals surface area contributed by atoms with E-state index in [9.17, 15) is 19.3 Å². The predicted octanol–water partition coefficient (Wildman–Crippen LogP) is 1.31. The monoisotopic (exact) mass is 378 g/mol. The minimum Gasteiger partial charge on any atom is -0.390 e. The zero-order valence-corrected chi connectivity index (χ0v) is 15.9. The Bertz CT molecular complexity index is 442. The molecule has 0 saturated carbocycles. The van der Waals surface area contributed by atoms with E-state index in [-0.39, 0.29) is 6.42 Å². The molecule has 0 aliphatic carbocycles. The van der Waals surface area contributed by atoms with Crippen molar-refractivity contribution in [2.24, 2.45) is 5.73 Å². The van der Waals surface area contributed by atoms with E-state index in [0.717, 1.165) is 19.3 Å². The third kappa shape index (κ3) is 8.42. The van der Waals surface area contributed by atoms with Crippen LogP contribution in [0.2, 0.25) is 0 Å². The number of carbonyl (C=O) groups is 2. The number of unbranched alkanes of at least 4 members (excludes halogenated alkanes) is 2. The molecule has 0 radical (unpaired) electrons. The van der Waals surface area contributed by atoms with E-state index < -0.39 is 38.0 Å². The lowest BCUT2D eigenvalue weighted by molar-refractivity contribution is -0.166. The van der Waals surface area contributed by atoms with Crippen molar-refractivity contribution in [2.75, 3.05) is 13.1 Å². The lowest BCUT2D eigenvalue weighted by Gasteiger charge is -2.19. The van der Waals surface area contributed by atoms with Crippen LogP contribution in [-0.4, -0.2) is 48.1 Å². The van der Waals surface area contributed by atoms with Crippen LogP contribution in [0, 0.1) is 0 Å². The molecule has 4 atom stereocenters. The Kier molecular flexibility index (Phi) is 11.2. The Balaban J connectivity index is 2.58. The topological polar surface area (TPSA) is 128 Å². The molecule has 9 heteroatoms. The second-order valence-corrected chi connectivity index (χ2v) is 7.80. The van der Waals surface area contributed by atoms with Gasteiger partial charge in [0.25, 0.3) is 0 Å². The maximum absolute atomic E-state index is 12.2. The molecule has 0 bridgehead atoms. The Labute approximate surface area is 149 Å². The molecule has 1 rings (SSSR count). The van der Waals surface area contributed by atoms with Gasteiger partial charge in [-0.3, -0.25) is 4.57 Å². The number of hydrogen-bond acceptors (Lipinski definition) is 8. The first-order valence-corrected chi connectivity index (χ1v) is 10.5. The summed E-state index contributed by atoms with van der Waals surface area (Å²) in [5, 5.41) is 12.8. The molecule has 1 saturated heterocycles. The van der Waals surface area contributed by atoms with Gasteiger partial charge in [-0.15, -0.1) is 0 Å². The van der Waals surface area contributed by atoms with Gasteiger partial charge in [0.1, 0.15) is 11.9 Å². The molecular weight excluding hydrogens is 347 g/mol. The number of rotatable bonds is 12. The van der Waals surface area contributed by atoms with Gasteiger partial charge >= 0.3 is 11.9 Å². The van der Waals surface area contributed by atoms with Gasteiger partial charge in [0.05, 0.1) is 0 Å². The number of nitrogens with two attached hydrogens (primary N) is 1. The van der Waals surface area contributed by atoms with Gasteiger partial charge in [0.2, 0.25) is 8.03 Å². The van der Waals surface area contributed by atoms with E-state index in [0.29, 0.717) is 38.8 Å². The van der Waals surface area contributed by atoms with Crippen LogP contribution < -0.4 is 11.1 Å². The van der Waals surface area contributed by atoms with Crippen molar-refractivity contribution >= 4 is 20.0 Å². The minimum atomic E-state index is -2.83. The standard InChI is InChI=1S/C16H31N2O6P/c1-2-3-9-14(19)25(22)24-13(8-4-5-10-17)16(21)23-15(20)12-7-6-11-18-12/h12-14,18-19,25H,2-11,17H2,1H3/t12-,13?,14?/m0/s1. The SMILES string of the molecule is CCCCC(O)[PH](=O)OC(CCCCN)C(=O)OC(=O)[C@@H]1CCCN1. The lowest BCUT2D eigenvalue weighted by Crippen LogP contribution is -2.37. The second kappa shape index (κ2) is 12.5. The quantitative estimate of drug-likeness (QED) is 0.201. The fourth-order valence-corrected chi connectivity index (χ4v) is 3.65. The zero-order chi connectivity index (χ0) is 18.7. The summed E-state index contributed by atoms with van der Waals surface area (Å²) in [4.78, 5) is 24.2. The fraction of sp³-hybridized carbons (Fsp3) is 0.875. The van der Waals surface area contributed by atoms with Crippen LogP contribution in [0.1, 0.15) is 58.3 Å². The summed E-state index contributed by atoms with van der Waals surface area (Å²) >= 11 is 0. The number of carbonyl (C=O) groups excluding carboxylic acids is 2. The molecular formula is C16H31N2O6P. The Hall–Kier alpha value is -0.790. The highest BCUT2D eigenvalue weighted by molar-refractivity contribution is 7.39. The van der Waals surface area contributed by atoms with Crippen molar-refractivity contribution in [1.82, 2.24) is 5.32 Å². The molecule has 0 aromatic carbocycles. The van der Waals surface area contributed by atoms with E-state index in [1.54, 1.807) is 0 Å². The smallest absolute Gasteiger partial charge is 0.343 e. The zero-order valence-electron chi connectivity index (χ0n) is 14.9. The molecule has 4 N–H and O–H groups in total. The third-order valence-electron chi connectivity index (χ3n) is 4.09. The first kappa shape index (κ1) is 22.3. The second-order valence-electron chi connectivity index (χ2n) is 6.26. The lowest BCUT2D eigenvalue weighted by atomic mass is 10.1. The van der Waals surface area contributed by atoms with Crippen LogP contribution in [-0.2, 0) is 23.4 Å². The average Bonchev–Trinajstić information content (AvgIpc) is 3.13. The highest BCUT2D eigenvalue weighted by Crippen LogP contribution is 2.34. The van der Waals surface area contributed by atoms with E-state index in [1.807, 2.05) is 6.92 Å². The third-order valence-corrected chi connectivity index (χ3v) is 5.44. The summed E-state index contributed by atoms with van der Waals surface area (Å²) < 4.78 is 22.3. The number of ether oxygens (including phenoxy) is 1. The molecule has 146 valence electrons. The van der Waals surface area contributed by atoms with Gasteiger partial charge < -0.3 is 25.4 Å². The van der Waals surface area contributed by atoms with Gasteiger partial charge in [-0.2, -0.15) is 0 Å². The van der Waals surface area contributed by atoms with Crippen molar-refractivity contribution in [1.29, 1.82) is 0 Å². The summed E-state index contributed by atoms with van der Waals surface area (Å²) in [6.45, 7) is 3.13. The average molecular weight is 378 g/mol. The van der Waals surface area contributed by atoms with E-state index >= 15 is 0 Å². The fourth-order valence-electron chi connectivity index (χ4n) is 2.55.